The maximum Gasteiger partial charge on any atom is 0.333 e. The fourth-order valence-corrected chi connectivity index (χ4v) is 4.28. The average Bonchev–Trinajstić information content (AvgIpc) is 2.77. The van der Waals surface area contributed by atoms with Crippen LogP contribution in [0.15, 0.2) is 54.6 Å². The number of esters is 1. The monoisotopic (exact) mass is 406 g/mol. The van der Waals surface area contributed by atoms with E-state index in [9.17, 15) is 9.90 Å². The summed E-state index contributed by atoms with van der Waals surface area (Å²) >= 11 is 0. The lowest BCUT2D eigenvalue weighted by molar-refractivity contribution is -0.139. The van der Waals surface area contributed by atoms with E-state index in [0.29, 0.717) is 24.5 Å². The maximum atomic E-state index is 11.5. The highest BCUT2D eigenvalue weighted by molar-refractivity contribution is 5.86. The van der Waals surface area contributed by atoms with Crippen LogP contribution in [0, 0.1) is 5.92 Å². The second kappa shape index (κ2) is 10.6. The Hall–Kier alpha value is -2.39. The van der Waals surface area contributed by atoms with Crippen LogP contribution in [-0.2, 0) is 22.6 Å². The van der Waals surface area contributed by atoms with Gasteiger partial charge in [-0.05, 0) is 72.3 Å². The van der Waals surface area contributed by atoms with Crippen molar-refractivity contribution in [3.63, 3.8) is 0 Å². The Bertz CT molecular complexity index is 858. The van der Waals surface area contributed by atoms with Gasteiger partial charge in [0.15, 0.2) is 0 Å². The first-order valence-corrected chi connectivity index (χ1v) is 11.1. The van der Waals surface area contributed by atoms with E-state index in [1.165, 1.54) is 36.8 Å². The van der Waals surface area contributed by atoms with Crippen molar-refractivity contribution in [2.24, 2.45) is 5.92 Å². The van der Waals surface area contributed by atoms with Gasteiger partial charge >= 0.3 is 5.97 Å². The summed E-state index contributed by atoms with van der Waals surface area (Å²) in [6.45, 7) is 7.97. The van der Waals surface area contributed by atoms with Gasteiger partial charge in [0.2, 0.25) is 0 Å². The number of benzene rings is 2. The summed E-state index contributed by atoms with van der Waals surface area (Å²) in [6, 6.07) is 15.2. The fourth-order valence-electron chi connectivity index (χ4n) is 4.28. The minimum absolute atomic E-state index is 0.0141. The number of aliphatic hydroxyl groups excluding tert-OH is 1. The lowest BCUT2D eigenvalue weighted by Gasteiger charge is -2.26. The highest BCUT2D eigenvalue weighted by atomic mass is 16.5. The van der Waals surface area contributed by atoms with Crippen molar-refractivity contribution in [2.75, 3.05) is 6.61 Å². The third kappa shape index (κ3) is 5.82. The minimum atomic E-state index is -0.348. The molecule has 0 aliphatic heterocycles. The van der Waals surface area contributed by atoms with Crippen LogP contribution in [0.5, 0.6) is 0 Å². The molecule has 30 heavy (non-hydrogen) atoms. The van der Waals surface area contributed by atoms with Crippen LogP contribution in [0.1, 0.15) is 68.6 Å². The second-order valence-corrected chi connectivity index (χ2v) is 8.74. The summed E-state index contributed by atoms with van der Waals surface area (Å²) in [5.41, 5.74) is 6.26. The highest BCUT2D eigenvalue weighted by Gasteiger charge is 2.19. The molecule has 1 N–H and O–H groups in total. The Labute approximate surface area is 180 Å². The molecular formula is C27H34O3. The molecule has 0 radical (unpaired) electrons. The molecule has 0 aromatic heterocycles. The van der Waals surface area contributed by atoms with Gasteiger partial charge in [-0.2, -0.15) is 0 Å². The Morgan fingerprint density at radius 2 is 1.70 bits per heavy atom. The molecule has 1 fully saturated rings. The molecule has 0 saturated heterocycles. The standard InChI is InChI=1S/C27H34O3/c1-19(2)27(29)30-16-4-5-24-17-25(14-15-26(24)18-28)23-12-10-22(11-13-23)21-8-6-20(3)7-9-21/h10-15,17,20-21,28H,1,4-9,16,18H2,2-3H3. The van der Waals surface area contributed by atoms with E-state index in [-0.39, 0.29) is 12.6 Å². The van der Waals surface area contributed by atoms with Gasteiger partial charge in [-0.3, -0.25) is 0 Å². The van der Waals surface area contributed by atoms with Crippen molar-refractivity contribution in [2.45, 2.75) is 64.9 Å². The molecule has 1 aliphatic rings. The van der Waals surface area contributed by atoms with E-state index in [1.807, 2.05) is 6.07 Å². The number of hydrogen-bond donors (Lipinski definition) is 1. The lowest BCUT2D eigenvalue weighted by Crippen LogP contribution is -2.10. The van der Waals surface area contributed by atoms with E-state index < -0.39 is 0 Å². The van der Waals surface area contributed by atoms with E-state index in [2.05, 4.69) is 49.9 Å². The van der Waals surface area contributed by atoms with Gasteiger partial charge in [-0.1, -0.05) is 68.8 Å². The predicted octanol–water partition coefficient (Wildman–Crippen LogP) is 6.19. The molecule has 2 aromatic carbocycles. The second-order valence-electron chi connectivity index (χ2n) is 8.74. The first-order valence-electron chi connectivity index (χ1n) is 11.1. The van der Waals surface area contributed by atoms with E-state index in [1.54, 1.807) is 6.92 Å². The van der Waals surface area contributed by atoms with Gasteiger partial charge in [-0.25, -0.2) is 4.79 Å². The van der Waals surface area contributed by atoms with Gasteiger partial charge in [0, 0.05) is 5.57 Å². The van der Waals surface area contributed by atoms with Crippen molar-refractivity contribution >= 4 is 5.97 Å². The average molecular weight is 407 g/mol. The maximum absolute atomic E-state index is 11.5. The summed E-state index contributed by atoms with van der Waals surface area (Å²) in [6.07, 6.45) is 6.73. The number of carbonyl (C=O) groups excluding carboxylic acids is 1. The topological polar surface area (TPSA) is 46.5 Å². The number of aliphatic hydroxyl groups is 1. The number of rotatable bonds is 8. The van der Waals surface area contributed by atoms with Crippen LogP contribution in [0.4, 0.5) is 0 Å². The molecule has 3 rings (SSSR count). The zero-order chi connectivity index (χ0) is 21.5. The third-order valence-electron chi connectivity index (χ3n) is 6.28. The van der Waals surface area contributed by atoms with E-state index >= 15 is 0 Å². The Morgan fingerprint density at radius 3 is 2.33 bits per heavy atom. The molecule has 1 aliphatic carbocycles. The molecule has 0 bridgehead atoms. The largest absolute Gasteiger partial charge is 0.462 e. The molecule has 1 saturated carbocycles. The predicted molar refractivity (Wildman–Crippen MR) is 122 cm³/mol. The van der Waals surface area contributed by atoms with Crippen molar-refractivity contribution in [1.82, 2.24) is 0 Å². The zero-order valence-electron chi connectivity index (χ0n) is 18.3. The molecule has 160 valence electrons. The summed E-state index contributed by atoms with van der Waals surface area (Å²) in [5.74, 6) is 1.22. The minimum Gasteiger partial charge on any atom is -0.462 e. The van der Waals surface area contributed by atoms with E-state index in [4.69, 9.17) is 4.74 Å². The molecule has 2 aromatic rings. The van der Waals surface area contributed by atoms with E-state index in [0.717, 1.165) is 29.0 Å². The molecular weight excluding hydrogens is 372 g/mol. The lowest BCUT2D eigenvalue weighted by atomic mass is 9.79. The first-order chi connectivity index (χ1) is 14.5. The molecule has 0 amide bonds. The molecule has 3 heteroatoms. The van der Waals surface area contributed by atoms with Crippen LogP contribution in [0.2, 0.25) is 0 Å². The van der Waals surface area contributed by atoms with Crippen molar-refractivity contribution in [3.05, 3.63) is 71.3 Å². The number of aryl methyl sites for hydroxylation is 1. The fraction of sp³-hybridized carbons (Fsp3) is 0.444. The molecule has 3 nitrogen and oxygen atoms in total. The number of carbonyl (C=O) groups is 1. The highest BCUT2D eigenvalue weighted by Crippen LogP contribution is 2.36. The first kappa shape index (κ1) is 22.3. The van der Waals surface area contributed by atoms with Crippen LogP contribution in [-0.4, -0.2) is 17.7 Å². The summed E-state index contributed by atoms with van der Waals surface area (Å²) in [4.78, 5) is 11.5. The van der Waals surface area contributed by atoms with Crippen molar-refractivity contribution in [3.8, 4) is 11.1 Å². The molecule has 0 atom stereocenters. The molecule has 0 unspecified atom stereocenters. The van der Waals surface area contributed by atoms with Crippen molar-refractivity contribution in [1.29, 1.82) is 0 Å². The normalized spacial score (nSPS) is 18.8. The van der Waals surface area contributed by atoms with Crippen molar-refractivity contribution < 1.29 is 14.6 Å². The Morgan fingerprint density at radius 1 is 1.03 bits per heavy atom. The van der Waals surface area contributed by atoms with Gasteiger partial charge in [0.05, 0.1) is 13.2 Å². The summed E-state index contributed by atoms with van der Waals surface area (Å²) in [7, 11) is 0. The van der Waals surface area contributed by atoms with Gasteiger partial charge in [0.1, 0.15) is 0 Å². The van der Waals surface area contributed by atoms with Crippen LogP contribution >= 0.6 is 0 Å². The van der Waals surface area contributed by atoms with Crippen LogP contribution in [0.25, 0.3) is 11.1 Å². The quantitative estimate of drug-likeness (QED) is 0.323. The molecule has 0 spiro atoms. The Kier molecular flexibility index (Phi) is 7.87. The zero-order valence-corrected chi connectivity index (χ0v) is 18.3. The SMILES string of the molecule is C=C(C)C(=O)OCCCc1cc(-c2ccc(C3CCC(C)CC3)cc2)ccc1CO. The van der Waals surface area contributed by atoms with Gasteiger partial charge in [0.25, 0.3) is 0 Å². The number of ether oxygens (including phenoxy) is 1. The summed E-state index contributed by atoms with van der Waals surface area (Å²) < 4.78 is 5.19. The van der Waals surface area contributed by atoms with Gasteiger partial charge in [-0.15, -0.1) is 0 Å². The number of hydrogen-bond acceptors (Lipinski definition) is 3. The summed E-state index contributed by atoms with van der Waals surface area (Å²) in [5, 5.41) is 9.70. The smallest absolute Gasteiger partial charge is 0.333 e. The Balaban J connectivity index is 1.66. The van der Waals surface area contributed by atoms with Crippen LogP contribution in [0.3, 0.4) is 0 Å². The van der Waals surface area contributed by atoms with Gasteiger partial charge < -0.3 is 9.84 Å². The third-order valence-corrected chi connectivity index (χ3v) is 6.28. The molecule has 0 heterocycles. The van der Waals surface area contributed by atoms with Crippen LogP contribution < -0.4 is 0 Å².